The van der Waals surface area contributed by atoms with E-state index in [9.17, 15) is 12.8 Å². The summed E-state index contributed by atoms with van der Waals surface area (Å²) in [6.07, 6.45) is 0. The fraction of sp³-hybridized carbons (Fsp3) is 0.143. The predicted octanol–water partition coefficient (Wildman–Crippen LogP) is 0.692. The topological polar surface area (TPSA) is 46.2 Å². The van der Waals surface area contributed by atoms with E-state index in [1.54, 1.807) is 6.92 Å². The van der Waals surface area contributed by atoms with Gasteiger partial charge >= 0.3 is 0 Å². The van der Waals surface area contributed by atoms with Gasteiger partial charge in [-0.05, 0) is 30.7 Å². The molecule has 3 nitrogen and oxygen atoms in total. The van der Waals surface area contributed by atoms with Gasteiger partial charge in [0.25, 0.3) is 0 Å². The SMILES string of the molecule is Cc1cc(N[SH](=O)=O)ccc1F.[Na]. The molecule has 1 N–H and O–H groups in total. The molecule has 1 radical (unpaired) electrons. The molecule has 0 saturated heterocycles. The number of rotatable bonds is 2. The van der Waals surface area contributed by atoms with Gasteiger partial charge in [-0.2, -0.15) is 0 Å². The van der Waals surface area contributed by atoms with Gasteiger partial charge < -0.3 is 0 Å². The van der Waals surface area contributed by atoms with Crippen molar-refractivity contribution < 1.29 is 12.8 Å². The summed E-state index contributed by atoms with van der Waals surface area (Å²) < 4.78 is 35.2. The first-order chi connectivity index (χ1) is 5.59. The van der Waals surface area contributed by atoms with Crippen molar-refractivity contribution in [3.8, 4) is 0 Å². The fourth-order valence-electron chi connectivity index (χ4n) is 0.820. The molecule has 0 amide bonds. The molecule has 67 valence electrons. The Labute approximate surface area is 99.7 Å². The molecule has 1 rings (SSSR count). The number of aryl methyl sites for hydroxylation is 1. The molecule has 0 saturated carbocycles. The quantitative estimate of drug-likeness (QED) is 0.559. The maximum atomic E-state index is 12.7. The van der Waals surface area contributed by atoms with Gasteiger partial charge in [0, 0.05) is 35.2 Å². The third-order valence-corrected chi connectivity index (χ3v) is 1.82. The second kappa shape index (κ2) is 5.59. The van der Waals surface area contributed by atoms with Crippen molar-refractivity contribution in [3.63, 3.8) is 0 Å². The Hall–Kier alpha value is -0.100. The third kappa shape index (κ3) is 4.08. The molecule has 0 aliphatic heterocycles. The average Bonchev–Trinajstić information content (AvgIpc) is 1.96. The minimum absolute atomic E-state index is 0. The zero-order valence-electron chi connectivity index (χ0n) is 7.37. The molecular formula is C7H8FNNaO2S. The van der Waals surface area contributed by atoms with E-state index in [1.165, 1.54) is 18.2 Å². The molecule has 6 heteroatoms. The van der Waals surface area contributed by atoms with Crippen LogP contribution >= 0.6 is 0 Å². The molecule has 1 aromatic rings. The molecular weight excluding hydrogens is 204 g/mol. The summed E-state index contributed by atoms with van der Waals surface area (Å²) in [7, 11) is -2.67. The van der Waals surface area contributed by atoms with Crippen LogP contribution in [0.15, 0.2) is 18.2 Å². The van der Waals surface area contributed by atoms with Crippen molar-refractivity contribution in [2.45, 2.75) is 6.92 Å². The minimum Gasteiger partial charge on any atom is -0.286 e. The van der Waals surface area contributed by atoms with Crippen molar-refractivity contribution in [3.05, 3.63) is 29.6 Å². The first-order valence-electron chi connectivity index (χ1n) is 3.27. The number of nitrogens with one attached hydrogen (secondary N) is 1. The van der Waals surface area contributed by atoms with Crippen LogP contribution in [-0.2, 0) is 10.9 Å². The second-order valence-corrected chi connectivity index (χ2v) is 3.07. The van der Waals surface area contributed by atoms with Crippen LogP contribution in [0.25, 0.3) is 0 Å². The summed E-state index contributed by atoms with van der Waals surface area (Å²) in [6.45, 7) is 1.57. The zero-order valence-corrected chi connectivity index (χ0v) is 10.3. The van der Waals surface area contributed by atoms with Crippen LogP contribution < -0.4 is 4.72 Å². The minimum atomic E-state index is -2.67. The molecule has 0 spiro atoms. The monoisotopic (exact) mass is 212 g/mol. The van der Waals surface area contributed by atoms with E-state index >= 15 is 0 Å². The Bertz CT molecular complexity index is 360. The fourth-order valence-corrected chi connectivity index (χ4v) is 1.17. The molecule has 1 aromatic carbocycles. The maximum absolute atomic E-state index is 12.7. The van der Waals surface area contributed by atoms with Crippen LogP contribution in [0.3, 0.4) is 0 Å². The van der Waals surface area contributed by atoms with E-state index < -0.39 is 10.9 Å². The van der Waals surface area contributed by atoms with Gasteiger partial charge in [-0.15, -0.1) is 0 Å². The van der Waals surface area contributed by atoms with Gasteiger partial charge in [0.15, 0.2) is 0 Å². The Balaban J connectivity index is 0.00000144. The number of benzene rings is 1. The second-order valence-electron chi connectivity index (χ2n) is 2.33. The van der Waals surface area contributed by atoms with Crippen LogP contribution in [0.5, 0.6) is 0 Å². The normalized spacial score (nSPS) is 9.46. The first-order valence-corrected chi connectivity index (χ1v) is 4.44. The summed E-state index contributed by atoms with van der Waals surface area (Å²) in [5.74, 6) is -0.346. The van der Waals surface area contributed by atoms with Gasteiger partial charge in [-0.25, -0.2) is 12.8 Å². The van der Waals surface area contributed by atoms with Crippen molar-refractivity contribution in [2.75, 3.05) is 4.72 Å². The number of hydrogen-bond acceptors (Lipinski definition) is 2. The molecule has 0 fully saturated rings. The van der Waals surface area contributed by atoms with E-state index in [1.807, 2.05) is 0 Å². The summed E-state index contributed by atoms with van der Waals surface area (Å²) in [4.78, 5) is 0. The smallest absolute Gasteiger partial charge is 0.222 e. The predicted molar refractivity (Wildman–Crippen MR) is 50.8 cm³/mol. The van der Waals surface area contributed by atoms with Gasteiger partial charge in [-0.3, -0.25) is 4.72 Å². The van der Waals surface area contributed by atoms with Crippen LogP contribution in [-0.4, -0.2) is 38.0 Å². The molecule has 13 heavy (non-hydrogen) atoms. The van der Waals surface area contributed by atoms with Crippen LogP contribution in [0.2, 0.25) is 0 Å². The molecule has 0 unspecified atom stereocenters. The van der Waals surface area contributed by atoms with Crippen molar-refractivity contribution in [1.82, 2.24) is 0 Å². The summed E-state index contributed by atoms with van der Waals surface area (Å²) in [6, 6.07) is 4.02. The van der Waals surface area contributed by atoms with Gasteiger partial charge in [0.2, 0.25) is 10.9 Å². The average molecular weight is 212 g/mol. The first kappa shape index (κ1) is 12.9. The zero-order chi connectivity index (χ0) is 9.14. The summed E-state index contributed by atoms with van der Waals surface area (Å²) >= 11 is 0. The van der Waals surface area contributed by atoms with E-state index in [0.717, 1.165) is 0 Å². The third-order valence-electron chi connectivity index (χ3n) is 1.38. The van der Waals surface area contributed by atoms with Gasteiger partial charge in [-0.1, -0.05) is 0 Å². The Morgan fingerprint density at radius 1 is 1.38 bits per heavy atom. The Morgan fingerprint density at radius 3 is 2.46 bits per heavy atom. The van der Waals surface area contributed by atoms with Crippen molar-refractivity contribution >= 4 is 46.1 Å². The Kier molecular flexibility index (Phi) is 5.55. The summed E-state index contributed by atoms with van der Waals surface area (Å²) in [5.41, 5.74) is 0.793. The van der Waals surface area contributed by atoms with Gasteiger partial charge in [0.1, 0.15) is 5.82 Å². The molecule has 0 heterocycles. The van der Waals surface area contributed by atoms with Gasteiger partial charge in [0.05, 0.1) is 0 Å². The maximum Gasteiger partial charge on any atom is 0.222 e. The molecule has 0 atom stereocenters. The molecule has 0 bridgehead atoms. The molecule has 0 aliphatic carbocycles. The largest absolute Gasteiger partial charge is 0.286 e. The van der Waals surface area contributed by atoms with Crippen molar-refractivity contribution in [2.24, 2.45) is 0 Å². The standard InChI is InChI=1S/C7H8FNO2S.Na/c1-5-4-6(9-12(10)11)2-3-7(5)8;/h2-4,12H,1H3,(H,9,10,11);. The molecule has 0 aromatic heterocycles. The van der Waals surface area contributed by atoms with E-state index in [2.05, 4.69) is 4.72 Å². The summed E-state index contributed by atoms with van der Waals surface area (Å²) in [5, 5.41) is 0. The van der Waals surface area contributed by atoms with Crippen LogP contribution in [0.4, 0.5) is 10.1 Å². The van der Waals surface area contributed by atoms with E-state index in [4.69, 9.17) is 0 Å². The molecule has 0 aliphatic rings. The van der Waals surface area contributed by atoms with E-state index in [0.29, 0.717) is 11.3 Å². The number of anilines is 1. The van der Waals surface area contributed by atoms with Crippen molar-refractivity contribution in [1.29, 1.82) is 0 Å². The number of halogens is 1. The number of hydrogen-bond donors (Lipinski definition) is 2. The van der Waals surface area contributed by atoms with Crippen LogP contribution in [0.1, 0.15) is 5.56 Å². The Morgan fingerprint density at radius 2 is 2.00 bits per heavy atom. The van der Waals surface area contributed by atoms with E-state index in [-0.39, 0.29) is 35.4 Å². The van der Waals surface area contributed by atoms with Crippen LogP contribution in [0, 0.1) is 12.7 Å². The number of thiol groups is 1.